The molecule has 0 saturated carbocycles. The minimum absolute atomic E-state index is 0.0559. The molecule has 1 saturated heterocycles. The summed E-state index contributed by atoms with van der Waals surface area (Å²) in [5, 5.41) is 0. The molecule has 0 atom stereocenters. The van der Waals surface area contributed by atoms with Crippen molar-refractivity contribution in [3.05, 3.63) is 95.6 Å². The highest BCUT2D eigenvalue weighted by Gasteiger charge is 2.30. The van der Waals surface area contributed by atoms with E-state index in [1.54, 1.807) is 40.9 Å². The number of benzene rings is 3. The van der Waals surface area contributed by atoms with E-state index >= 15 is 0 Å². The Morgan fingerprint density at radius 1 is 0.844 bits per heavy atom. The number of carbonyl (C=O) groups is 1. The van der Waals surface area contributed by atoms with Crippen LogP contribution in [0.2, 0.25) is 0 Å². The van der Waals surface area contributed by atoms with Gasteiger partial charge in [-0.05, 0) is 48.9 Å². The fourth-order valence-corrected chi connectivity index (χ4v) is 5.90. The second kappa shape index (κ2) is 9.90. The number of carbonyl (C=O) groups excluding carboxylic acids is 1. The molecule has 0 radical (unpaired) electrons. The Labute approximate surface area is 194 Å². The summed E-state index contributed by atoms with van der Waals surface area (Å²) in [6.45, 7) is 3.29. The highest BCUT2D eigenvalue weighted by atomic mass is 32.2. The van der Waals surface area contributed by atoms with Gasteiger partial charge in [0.25, 0.3) is 5.91 Å². The van der Waals surface area contributed by atoms with E-state index in [1.807, 2.05) is 49.4 Å². The predicted molar refractivity (Wildman–Crippen MR) is 128 cm³/mol. The van der Waals surface area contributed by atoms with Crippen molar-refractivity contribution in [3.63, 3.8) is 0 Å². The normalized spacial score (nSPS) is 15.0. The van der Waals surface area contributed by atoms with Crippen molar-refractivity contribution < 1.29 is 13.2 Å². The standard InChI is InChI=1S/C25H26N2O3S2/c1-20-7-13-24(14-8-20)32(29,30)27-17-15-26(16-18-27)25(28)22-11-9-21(10-12-22)19-31-23-5-3-2-4-6-23/h2-14H,15-19H2,1H3. The zero-order valence-electron chi connectivity index (χ0n) is 18.0. The molecule has 4 rings (SSSR count). The van der Waals surface area contributed by atoms with Gasteiger partial charge in [-0.3, -0.25) is 4.79 Å². The first-order valence-electron chi connectivity index (χ1n) is 10.6. The summed E-state index contributed by atoms with van der Waals surface area (Å²) in [7, 11) is -3.53. The van der Waals surface area contributed by atoms with Crippen molar-refractivity contribution in [1.29, 1.82) is 0 Å². The Kier molecular flexibility index (Phi) is 6.98. The molecule has 0 spiro atoms. The van der Waals surface area contributed by atoms with E-state index < -0.39 is 10.0 Å². The van der Waals surface area contributed by atoms with Crippen LogP contribution in [-0.4, -0.2) is 49.7 Å². The van der Waals surface area contributed by atoms with Crippen LogP contribution >= 0.6 is 11.8 Å². The molecule has 3 aromatic rings. The van der Waals surface area contributed by atoms with E-state index in [1.165, 1.54) is 9.20 Å². The van der Waals surface area contributed by atoms with E-state index in [9.17, 15) is 13.2 Å². The number of hydrogen-bond donors (Lipinski definition) is 0. The third kappa shape index (κ3) is 5.23. The van der Waals surface area contributed by atoms with Gasteiger partial charge in [-0.2, -0.15) is 4.31 Å². The van der Waals surface area contributed by atoms with Gasteiger partial charge in [0.05, 0.1) is 4.90 Å². The maximum Gasteiger partial charge on any atom is 0.253 e. The monoisotopic (exact) mass is 466 g/mol. The van der Waals surface area contributed by atoms with Gasteiger partial charge >= 0.3 is 0 Å². The molecular weight excluding hydrogens is 440 g/mol. The smallest absolute Gasteiger partial charge is 0.253 e. The number of piperazine rings is 1. The molecule has 1 heterocycles. The quantitative estimate of drug-likeness (QED) is 0.504. The van der Waals surface area contributed by atoms with Crippen LogP contribution in [0.3, 0.4) is 0 Å². The van der Waals surface area contributed by atoms with Crippen LogP contribution in [0.4, 0.5) is 0 Å². The number of thioether (sulfide) groups is 1. The fraction of sp³-hybridized carbons (Fsp3) is 0.240. The van der Waals surface area contributed by atoms with Crippen LogP contribution in [0.5, 0.6) is 0 Å². The predicted octanol–water partition coefficient (Wildman–Crippen LogP) is 4.43. The van der Waals surface area contributed by atoms with Crippen molar-refractivity contribution in [3.8, 4) is 0 Å². The van der Waals surface area contributed by atoms with Crippen molar-refractivity contribution in [2.45, 2.75) is 22.5 Å². The molecule has 0 aromatic heterocycles. The molecule has 1 aliphatic rings. The average Bonchev–Trinajstić information content (AvgIpc) is 2.84. The molecular formula is C25H26N2O3S2. The van der Waals surface area contributed by atoms with E-state index in [0.717, 1.165) is 16.9 Å². The van der Waals surface area contributed by atoms with E-state index in [2.05, 4.69) is 12.1 Å². The number of nitrogens with zero attached hydrogens (tertiary/aromatic N) is 2. The number of aryl methyl sites for hydroxylation is 1. The fourth-order valence-electron chi connectivity index (χ4n) is 3.60. The van der Waals surface area contributed by atoms with Crippen LogP contribution in [0.25, 0.3) is 0 Å². The maximum absolute atomic E-state index is 12.9. The summed E-state index contributed by atoms with van der Waals surface area (Å²) in [6.07, 6.45) is 0. The molecule has 32 heavy (non-hydrogen) atoms. The molecule has 0 unspecified atom stereocenters. The third-order valence-electron chi connectivity index (χ3n) is 5.53. The van der Waals surface area contributed by atoms with E-state index in [-0.39, 0.29) is 5.91 Å². The Bertz CT molecular complexity index is 1150. The molecule has 7 heteroatoms. The summed E-state index contributed by atoms with van der Waals surface area (Å²) >= 11 is 1.76. The lowest BCUT2D eigenvalue weighted by molar-refractivity contribution is 0.0698. The van der Waals surface area contributed by atoms with Gasteiger partial charge in [-0.25, -0.2) is 8.42 Å². The molecule has 3 aromatic carbocycles. The highest BCUT2D eigenvalue weighted by molar-refractivity contribution is 7.98. The van der Waals surface area contributed by atoms with Crippen LogP contribution < -0.4 is 0 Å². The lowest BCUT2D eigenvalue weighted by Gasteiger charge is -2.34. The SMILES string of the molecule is Cc1ccc(S(=O)(=O)N2CCN(C(=O)c3ccc(CSc4ccccc4)cc3)CC2)cc1. The summed E-state index contributed by atoms with van der Waals surface area (Å²) in [4.78, 5) is 16.1. The zero-order valence-corrected chi connectivity index (χ0v) is 19.6. The second-order valence-corrected chi connectivity index (χ2v) is 10.8. The van der Waals surface area contributed by atoms with Gasteiger partial charge < -0.3 is 4.90 Å². The van der Waals surface area contributed by atoms with Gasteiger partial charge in [0.1, 0.15) is 0 Å². The Morgan fingerprint density at radius 3 is 2.09 bits per heavy atom. The van der Waals surface area contributed by atoms with Crippen molar-refractivity contribution in [2.75, 3.05) is 26.2 Å². The largest absolute Gasteiger partial charge is 0.336 e. The lowest BCUT2D eigenvalue weighted by atomic mass is 10.1. The highest BCUT2D eigenvalue weighted by Crippen LogP contribution is 2.23. The van der Waals surface area contributed by atoms with Gasteiger partial charge in [0.2, 0.25) is 10.0 Å². The van der Waals surface area contributed by atoms with Gasteiger partial charge in [0.15, 0.2) is 0 Å². The minimum atomic E-state index is -3.53. The lowest BCUT2D eigenvalue weighted by Crippen LogP contribution is -2.50. The number of amides is 1. The Hall–Kier alpha value is -2.61. The van der Waals surface area contributed by atoms with Crippen molar-refractivity contribution in [1.82, 2.24) is 9.21 Å². The molecule has 0 N–H and O–H groups in total. The number of hydrogen-bond acceptors (Lipinski definition) is 4. The minimum Gasteiger partial charge on any atom is -0.336 e. The molecule has 1 amide bonds. The molecule has 0 aliphatic carbocycles. The van der Waals surface area contributed by atoms with Gasteiger partial charge in [-0.15, -0.1) is 11.8 Å². The van der Waals surface area contributed by atoms with Crippen LogP contribution in [-0.2, 0) is 15.8 Å². The van der Waals surface area contributed by atoms with Crippen LogP contribution in [0.1, 0.15) is 21.5 Å². The summed E-state index contributed by atoms with van der Waals surface area (Å²) in [6, 6.07) is 24.8. The summed E-state index contributed by atoms with van der Waals surface area (Å²) in [5.41, 5.74) is 2.81. The third-order valence-corrected chi connectivity index (χ3v) is 8.53. The average molecular weight is 467 g/mol. The number of sulfonamides is 1. The van der Waals surface area contributed by atoms with Gasteiger partial charge in [-0.1, -0.05) is 48.0 Å². The molecule has 1 aliphatic heterocycles. The van der Waals surface area contributed by atoms with E-state index in [0.29, 0.717) is 36.6 Å². The first-order chi connectivity index (χ1) is 15.4. The first kappa shape index (κ1) is 22.6. The van der Waals surface area contributed by atoms with E-state index in [4.69, 9.17) is 0 Å². The van der Waals surface area contributed by atoms with Crippen molar-refractivity contribution in [2.24, 2.45) is 0 Å². The molecule has 0 bridgehead atoms. The topological polar surface area (TPSA) is 57.7 Å². The second-order valence-electron chi connectivity index (χ2n) is 7.81. The Morgan fingerprint density at radius 2 is 1.47 bits per heavy atom. The van der Waals surface area contributed by atoms with Crippen LogP contribution in [0, 0.1) is 6.92 Å². The molecule has 1 fully saturated rings. The first-order valence-corrected chi connectivity index (χ1v) is 13.0. The summed E-state index contributed by atoms with van der Waals surface area (Å²) in [5.74, 6) is 0.785. The Balaban J connectivity index is 1.33. The van der Waals surface area contributed by atoms with Gasteiger partial charge in [0, 0.05) is 42.4 Å². The van der Waals surface area contributed by atoms with Crippen LogP contribution in [0.15, 0.2) is 88.7 Å². The maximum atomic E-state index is 12.9. The summed E-state index contributed by atoms with van der Waals surface area (Å²) < 4.78 is 27.2. The number of rotatable bonds is 6. The van der Waals surface area contributed by atoms with Crippen molar-refractivity contribution >= 4 is 27.7 Å². The molecule has 166 valence electrons. The molecule has 5 nitrogen and oxygen atoms in total. The zero-order chi connectivity index (χ0) is 22.6.